The van der Waals surface area contributed by atoms with Gasteiger partial charge in [-0.2, -0.15) is 0 Å². The number of rotatable bonds is 8. The standard InChI is InChI=1S/C11H25N2O4P/c1-5-6-10(14)13(16)8-7-12(2)9-11(15)18(3,4)17/h11,15-16H,5-9H2,1-4H3. The van der Waals surface area contributed by atoms with Gasteiger partial charge in [-0.3, -0.25) is 10.0 Å². The molecule has 7 heteroatoms. The van der Waals surface area contributed by atoms with Gasteiger partial charge in [0.1, 0.15) is 13.0 Å². The Labute approximate surface area is 109 Å². The van der Waals surface area contributed by atoms with Crippen molar-refractivity contribution in [2.75, 3.05) is 40.0 Å². The van der Waals surface area contributed by atoms with E-state index in [2.05, 4.69) is 0 Å². The van der Waals surface area contributed by atoms with Gasteiger partial charge in [0.05, 0.1) is 6.54 Å². The van der Waals surface area contributed by atoms with Crippen LogP contribution in [0.4, 0.5) is 0 Å². The smallest absolute Gasteiger partial charge is 0.245 e. The zero-order chi connectivity index (χ0) is 14.3. The number of carbonyl (C=O) groups excluding carboxylic acids is 1. The lowest BCUT2D eigenvalue weighted by Gasteiger charge is -2.24. The first-order chi connectivity index (χ1) is 8.18. The Morgan fingerprint density at radius 1 is 1.33 bits per heavy atom. The quantitative estimate of drug-likeness (QED) is 0.392. The van der Waals surface area contributed by atoms with E-state index in [9.17, 15) is 19.7 Å². The molecule has 0 aromatic carbocycles. The molecule has 6 nitrogen and oxygen atoms in total. The molecule has 0 aromatic rings. The molecule has 0 radical (unpaired) electrons. The first-order valence-electron chi connectivity index (χ1n) is 6.09. The van der Waals surface area contributed by atoms with Crippen LogP contribution in [0.1, 0.15) is 19.8 Å². The molecule has 0 saturated heterocycles. The summed E-state index contributed by atoms with van der Waals surface area (Å²) in [6.45, 7) is 5.81. The third-order valence-electron chi connectivity index (χ3n) is 2.64. The van der Waals surface area contributed by atoms with Crippen LogP contribution in [-0.4, -0.2) is 72.0 Å². The van der Waals surface area contributed by atoms with Gasteiger partial charge in [0.15, 0.2) is 0 Å². The van der Waals surface area contributed by atoms with Crippen molar-refractivity contribution < 1.29 is 19.7 Å². The maximum atomic E-state index is 11.6. The number of hydroxylamine groups is 2. The summed E-state index contributed by atoms with van der Waals surface area (Å²) in [5.74, 6) is -1.18. The van der Waals surface area contributed by atoms with E-state index in [-0.39, 0.29) is 19.0 Å². The Bertz CT molecular complexity index is 305. The van der Waals surface area contributed by atoms with Crippen molar-refractivity contribution in [2.45, 2.75) is 25.6 Å². The lowest BCUT2D eigenvalue weighted by molar-refractivity contribution is -0.166. The summed E-state index contributed by atoms with van der Waals surface area (Å²) in [5.41, 5.74) is 0. The third kappa shape index (κ3) is 7.11. The zero-order valence-corrected chi connectivity index (χ0v) is 12.6. The first kappa shape index (κ1) is 17.6. The molecule has 1 amide bonds. The largest absolute Gasteiger partial charge is 0.384 e. The van der Waals surface area contributed by atoms with Crippen LogP contribution in [0.25, 0.3) is 0 Å². The monoisotopic (exact) mass is 280 g/mol. The average Bonchev–Trinajstić information content (AvgIpc) is 2.24. The number of hydrogen-bond acceptors (Lipinski definition) is 5. The van der Waals surface area contributed by atoms with Gasteiger partial charge < -0.3 is 14.6 Å². The van der Waals surface area contributed by atoms with Gasteiger partial charge in [-0.25, -0.2) is 5.06 Å². The minimum Gasteiger partial charge on any atom is -0.384 e. The Hall–Kier alpha value is -0.420. The second kappa shape index (κ2) is 7.89. The molecule has 2 N–H and O–H groups in total. The summed E-state index contributed by atoms with van der Waals surface area (Å²) in [5, 5.41) is 19.8. The van der Waals surface area contributed by atoms with E-state index in [1.165, 1.54) is 13.3 Å². The van der Waals surface area contributed by atoms with Crippen LogP contribution in [0.3, 0.4) is 0 Å². The molecule has 0 aliphatic rings. The van der Waals surface area contributed by atoms with E-state index in [4.69, 9.17) is 0 Å². The Morgan fingerprint density at radius 3 is 2.33 bits per heavy atom. The fourth-order valence-corrected chi connectivity index (χ4v) is 1.97. The fraction of sp³-hybridized carbons (Fsp3) is 0.909. The fourth-order valence-electron chi connectivity index (χ4n) is 1.30. The average molecular weight is 280 g/mol. The van der Waals surface area contributed by atoms with Crippen LogP contribution in [0.5, 0.6) is 0 Å². The van der Waals surface area contributed by atoms with Crippen molar-refractivity contribution >= 4 is 13.0 Å². The van der Waals surface area contributed by atoms with Gasteiger partial charge in [-0.15, -0.1) is 0 Å². The highest BCUT2D eigenvalue weighted by atomic mass is 31.2. The molecule has 1 unspecified atom stereocenters. The summed E-state index contributed by atoms with van der Waals surface area (Å²) >= 11 is 0. The molecule has 0 aliphatic carbocycles. The highest BCUT2D eigenvalue weighted by molar-refractivity contribution is 7.62. The molecule has 1 atom stereocenters. The minimum absolute atomic E-state index is 0.180. The Kier molecular flexibility index (Phi) is 7.71. The number of aliphatic hydroxyl groups is 1. The maximum Gasteiger partial charge on any atom is 0.245 e. The van der Waals surface area contributed by atoms with Crippen LogP contribution in [0, 0.1) is 0 Å². The van der Waals surface area contributed by atoms with E-state index in [1.807, 2.05) is 6.92 Å². The van der Waals surface area contributed by atoms with E-state index in [1.54, 1.807) is 11.9 Å². The molecule has 0 fully saturated rings. The summed E-state index contributed by atoms with van der Waals surface area (Å²) < 4.78 is 11.6. The second-order valence-corrected chi connectivity index (χ2v) is 8.41. The predicted octanol–water partition coefficient (Wildman–Crippen LogP) is 0.877. The van der Waals surface area contributed by atoms with Crippen LogP contribution in [0.2, 0.25) is 0 Å². The molecular formula is C11H25N2O4P. The summed E-state index contributed by atoms with van der Waals surface area (Å²) in [7, 11) is -0.770. The molecule has 0 bridgehead atoms. The Morgan fingerprint density at radius 2 is 1.89 bits per heavy atom. The number of nitrogens with zero attached hydrogens (tertiary/aromatic N) is 2. The number of aliphatic hydroxyl groups excluding tert-OH is 1. The molecule has 0 saturated carbocycles. The van der Waals surface area contributed by atoms with Gasteiger partial charge in [-0.05, 0) is 26.8 Å². The summed E-state index contributed by atoms with van der Waals surface area (Å²) in [6, 6.07) is 0. The van der Waals surface area contributed by atoms with Gasteiger partial charge in [0.25, 0.3) is 0 Å². The van der Waals surface area contributed by atoms with Gasteiger partial charge in [-0.1, -0.05) is 6.92 Å². The van der Waals surface area contributed by atoms with Crippen molar-refractivity contribution in [3.63, 3.8) is 0 Å². The van der Waals surface area contributed by atoms with Crippen molar-refractivity contribution in [2.24, 2.45) is 0 Å². The molecule has 0 rings (SSSR count). The van der Waals surface area contributed by atoms with Crippen LogP contribution in [-0.2, 0) is 9.36 Å². The lowest BCUT2D eigenvalue weighted by Crippen LogP contribution is -2.37. The van der Waals surface area contributed by atoms with E-state index >= 15 is 0 Å². The van der Waals surface area contributed by atoms with E-state index in [0.29, 0.717) is 24.4 Å². The number of hydrogen-bond donors (Lipinski definition) is 2. The van der Waals surface area contributed by atoms with Crippen LogP contribution >= 0.6 is 7.14 Å². The van der Waals surface area contributed by atoms with Gasteiger partial charge in [0, 0.05) is 19.5 Å². The lowest BCUT2D eigenvalue weighted by atomic mass is 10.3. The van der Waals surface area contributed by atoms with Gasteiger partial charge >= 0.3 is 0 Å². The number of carbonyl (C=O) groups is 1. The van der Waals surface area contributed by atoms with E-state index in [0.717, 1.165) is 0 Å². The molecule has 0 aromatic heterocycles. The van der Waals surface area contributed by atoms with Gasteiger partial charge in [0.2, 0.25) is 5.91 Å². The number of amides is 1. The summed E-state index contributed by atoms with van der Waals surface area (Å²) in [4.78, 5) is 13.0. The summed E-state index contributed by atoms with van der Waals surface area (Å²) in [6.07, 6.45) is 1.02. The molecule has 0 spiro atoms. The molecule has 0 aliphatic heterocycles. The highest BCUT2D eigenvalue weighted by Gasteiger charge is 2.21. The van der Waals surface area contributed by atoms with E-state index < -0.39 is 13.0 Å². The molecule has 108 valence electrons. The van der Waals surface area contributed by atoms with Crippen molar-refractivity contribution in [3.05, 3.63) is 0 Å². The third-order valence-corrected chi connectivity index (χ3v) is 4.24. The molecule has 18 heavy (non-hydrogen) atoms. The molecule has 0 heterocycles. The normalized spacial score (nSPS) is 13.7. The SMILES string of the molecule is CCCC(=O)N(O)CCN(C)CC(O)P(C)(C)=O. The van der Waals surface area contributed by atoms with Crippen molar-refractivity contribution in [1.82, 2.24) is 9.96 Å². The number of likely N-dealkylation sites (N-methyl/N-ethyl adjacent to an activating group) is 1. The second-order valence-electron chi connectivity index (χ2n) is 4.94. The highest BCUT2D eigenvalue weighted by Crippen LogP contribution is 2.40. The Balaban J connectivity index is 4.00. The topological polar surface area (TPSA) is 81.1 Å². The van der Waals surface area contributed by atoms with Crippen LogP contribution < -0.4 is 0 Å². The van der Waals surface area contributed by atoms with Crippen molar-refractivity contribution in [3.8, 4) is 0 Å². The minimum atomic E-state index is -2.52. The predicted molar refractivity (Wildman–Crippen MR) is 71.4 cm³/mol. The molecular weight excluding hydrogens is 255 g/mol. The zero-order valence-electron chi connectivity index (χ0n) is 11.7. The van der Waals surface area contributed by atoms with Crippen molar-refractivity contribution in [1.29, 1.82) is 0 Å². The van der Waals surface area contributed by atoms with Crippen LogP contribution in [0.15, 0.2) is 0 Å². The maximum absolute atomic E-state index is 11.6. The first-order valence-corrected chi connectivity index (χ1v) is 8.76.